The van der Waals surface area contributed by atoms with Crippen LogP contribution in [0.2, 0.25) is 10.0 Å². The third-order valence-corrected chi connectivity index (χ3v) is 5.12. The third-order valence-electron chi connectivity index (χ3n) is 4.57. The second-order valence-electron chi connectivity index (χ2n) is 7.18. The summed E-state index contributed by atoms with van der Waals surface area (Å²) in [5.74, 6) is 0.337. The van der Waals surface area contributed by atoms with Crippen LogP contribution in [-0.2, 0) is 9.59 Å². The van der Waals surface area contributed by atoms with Gasteiger partial charge in [0, 0.05) is 28.9 Å². The molecule has 30 heavy (non-hydrogen) atoms. The highest BCUT2D eigenvalue weighted by Crippen LogP contribution is 2.37. The van der Waals surface area contributed by atoms with Crippen LogP contribution in [-0.4, -0.2) is 37.5 Å². The van der Waals surface area contributed by atoms with Gasteiger partial charge in [0.15, 0.2) is 11.5 Å². The van der Waals surface area contributed by atoms with Crippen LogP contribution in [0.3, 0.4) is 0 Å². The number of halogens is 2. The van der Waals surface area contributed by atoms with Crippen molar-refractivity contribution in [3.05, 3.63) is 57.7 Å². The standard InChI is InChI=1S/C22H22Cl2N2O4/c1-12(2)11-26-21(27)19(15-7-5-13(23)9-16(15)24)20(22(26)28)25-14-6-8-17(29-3)18(10-14)30-4/h5-10,12,25H,11H2,1-4H3. The predicted octanol–water partition coefficient (Wildman–Crippen LogP) is 4.86. The molecule has 6 nitrogen and oxygen atoms in total. The van der Waals surface area contributed by atoms with E-state index >= 15 is 0 Å². The maximum absolute atomic E-state index is 13.2. The van der Waals surface area contributed by atoms with Crippen molar-refractivity contribution in [2.24, 2.45) is 5.92 Å². The summed E-state index contributed by atoms with van der Waals surface area (Å²) in [5, 5.41) is 3.81. The molecule has 0 atom stereocenters. The first-order chi connectivity index (χ1) is 14.3. The van der Waals surface area contributed by atoms with E-state index < -0.39 is 11.8 Å². The minimum Gasteiger partial charge on any atom is -0.493 e. The minimum absolute atomic E-state index is 0.111. The van der Waals surface area contributed by atoms with E-state index in [9.17, 15) is 9.59 Å². The minimum atomic E-state index is -0.412. The molecule has 1 aliphatic rings. The van der Waals surface area contributed by atoms with Crippen LogP contribution in [0.4, 0.5) is 5.69 Å². The zero-order valence-electron chi connectivity index (χ0n) is 17.1. The molecule has 1 N–H and O–H groups in total. The Kier molecular flexibility index (Phi) is 6.58. The zero-order chi connectivity index (χ0) is 22.0. The maximum atomic E-state index is 13.2. The van der Waals surface area contributed by atoms with E-state index in [2.05, 4.69) is 5.32 Å². The Balaban J connectivity index is 2.10. The molecule has 1 heterocycles. The highest BCUT2D eigenvalue weighted by Gasteiger charge is 2.40. The molecule has 3 rings (SSSR count). The fourth-order valence-corrected chi connectivity index (χ4v) is 3.73. The molecule has 0 unspecified atom stereocenters. The molecule has 2 aromatic carbocycles. The fourth-order valence-electron chi connectivity index (χ4n) is 3.22. The van der Waals surface area contributed by atoms with Crippen LogP contribution in [0.15, 0.2) is 42.1 Å². The lowest BCUT2D eigenvalue weighted by molar-refractivity contribution is -0.137. The largest absolute Gasteiger partial charge is 0.493 e. The molecular weight excluding hydrogens is 427 g/mol. The molecule has 0 spiro atoms. The number of anilines is 1. The second kappa shape index (κ2) is 8.98. The van der Waals surface area contributed by atoms with E-state index in [-0.39, 0.29) is 22.2 Å². The summed E-state index contributed by atoms with van der Waals surface area (Å²) in [6.07, 6.45) is 0. The summed E-state index contributed by atoms with van der Waals surface area (Å²) < 4.78 is 10.6. The van der Waals surface area contributed by atoms with Gasteiger partial charge in [-0.05, 0) is 30.2 Å². The quantitative estimate of drug-likeness (QED) is 0.612. The number of carbonyl (C=O) groups excluding carboxylic acids is 2. The molecule has 8 heteroatoms. The van der Waals surface area contributed by atoms with Crippen LogP contribution in [0.1, 0.15) is 19.4 Å². The van der Waals surface area contributed by atoms with Gasteiger partial charge in [0.25, 0.3) is 11.8 Å². The number of amides is 2. The van der Waals surface area contributed by atoms with Crippen molar-refractivity contribution in [1.82, 2.24) is 4.90 Å². The summed E-state index contributed by atoms with van der Waals surface area (Å²) in [6, 6.07) is 9.95. The molecule has 0 saturated heterocycles. The third kappa shape index (κ3) is 4.25. The lowest BCUT2D eigenvalue weighted by Crippen LogP contribution is -2.35. The van der Waals surface area contributed by atoms with Crippen molar-refractivity contribution < 1.29 is 19.1 Å². The van der Waals surface area contributed by atoms with Crippen molar-refractivity contribution in [2.45, 2.75) is 13.8 Å². The van der Waals surface area contributed by atoms with E-state index in [0.29, 0.717) is 34.3 Å². The zero-order valence-corrected chi connectivity index (χ0v) is 18.6. The number of rotatable bonds is 7. The summed E-state index contributed by atoms with van der Waals surface area (Å²) in [7, 11) is 3.06. The van der Waals surface area contributed by atoms with Gasteiger partial charge in [-0.3, -0.25) is 14.5 Å². The van der Waals surface area contributed by atoms with Crippen molar-refractivity contribution in [3.63, 3.8) is 0 Å². The number of hydrogen-bond donors (Lipinski definition) is 1. The fraction of sp³-hybridized carbons (Fsp3) is 0.273. The Morgan fingerprint density at radius 3 is 2.27 bits per heavy atom. The van der Waals surface area contributed by atoms with E-state index in [1.54, 1.807) is 36.4 Å². The summed E-state index contributed by atoms with van der Waals surface area (Å²) in [5.41, 5.74) is 1.36. The van der Waals surface area contributed by atoms with E-state index in [1.165, 1.54) is 19.1 Å². The van der Waals surface area contributed by atoms with Gasteiger partial charge in [-0.2, -0.15) is 0 Å². The number of nitrogens with one attached hydrogen (secondary N) is 1. The van der Waals surface area contributed by atoms with E-state index in [1.807, 2.05) is 13.8 Å². The number of hydrogen-bond acceptors (Lipinski definition) is 5. The monoisotopic (exact) mass is 448 g/mol. The lowest BCUT2D eigenvalue weighted by Gasteiger charge is -2.17. The van der Waals surface area contributed by atoms with Crippen LogP contribution in [0.25, 0.3) is 5.57 Å². The van der Waals surface area contributed by atoms with Crippen LogP contribution >= 0.6 is 23.2 Å². The van der Waals surface area contributed by atoms with E-state index in [4.69, 9.17) is 32.7 Å². The number of imide groups is 1. The molecule has 1 aliphatic heterocycles. The van der Waals surface area contributed by atoms with E-state index in [0.717, 1.165) is 0 Å². The average molecular weight is 449 g/mol. The van der Waals surface area contributed by atoms with Crippen molar-refractivity contribution in [2.75, 3.05) is 26.1 Å². The first-order valence-electron chi connectivity index (χ1n) is 9.31. The Morgan fingerprint density at radius 1 is 0.967 bits per heavy atom. The van der Waals surface area contributed by atoms with Crippen molar-refractivity contribution >= 4 is 46.3 Å². The van der Waals surface area contributed by atoms with Gasteiger partial charge in [-0.25, -0.2) is 0 Å². The summed E-state index contributed by atoms with van der Waals surface area (Å²) in [6.45, 7) is 4.17. The van der Waals surface area contributed by atoms with Crippen molar-refractivity contribution in [3.8, 4) is 11.5 Å². The Morgan fingerprint density at radius 2 is 1.67 bits per heavy atom. The average Bonchev–Trinajstić information content (AvgIpc) is 2.92. The molecule has 0 aliphatic carbocycles. The molecule has 158 valence electrons. The maximum Gasteiger partial charge on any atom is 0.278 e. The Bertz CT molecular complexity index is 1030. The van der Waals surface area contributed by atoms with Crippen LogP contribution in [0.5, 0.6) is 11.5 Å². The number of benzene rings is 2. The lowest BCUT2D eigenvalue weighted by atomic mass is 10.0. The SMILES string of the molecule is COc1ccc(NC2=C(c3ccc(Cl)cc3Cl)C(=O)N(CC(C)C)C2=O)cc1OC. The first kappa shape index (κ1) is 22.0. The van der Waals surface area contributed by atoms with Gasteiger partial charge in [0.1, 0.15) is 5.70 Å². The molecule has 0 radical (unpaired) electrons. The van der Waals surface area contributed by atoms with Gasteiger partial charge in [0.2, 0.25) is 0 Å². The highest BCUT2D eigenvalue weighted by atomic mass is 35.5. The van der Waals surface area contributed by atoms with Gasteiger partial charge in [0.05, 0.1) is 24.8 Å². The van der Waals surface area contributed by atoms with Crippen LogP contribution in [0, 0.1) is 5.92 Å². The topological polar surface area (TPSA) is 67.9 Å². The highest BCUT2D eigenvalue weighted by molar-refractivity contribution is 6.41. The first-order valence-corrected chi connectivity index (χ1v) is 10.1. The molecule has 2 amide bonds. The summed E-state index contributed by atoms with van der Waals surface area (Å²) in [4.78, 5) is 27.6. The smallest absolute Gasteiger partial charge is 0.278 e. The molecule has 0 bridgehead atoms. The molecular formula is C22H22Cl2N2O4. The normalized spacial score (nSPS) is 14.0. The number of ether oxygens (including phenoxy) is 2. The molecule has 0 saturated carbocycles. The van der Waals surface area contributed by atoms with Gasteiger partial charge in [-0.1, -0.05) is 43.1 Å². The van der Waals surface area contributed by atoms with Gasteiger partial charge >= 0.3 is 0 Å². The van der Waals surface area contributed by atoms with Crippen LogP contribution < -0.4 is 14.8 Å². The van der Waals surface area contributed by atoms with Crippen molar-refractivity contribution in [1.29, 1.82) is 0 Å². The second-order valence-corrected chi connectivity index (χ2v) is 8.03. The number of nitrogens with zero attached hydrogens (tertiary/aromatic N) is 1. The summed E-state index contributed by atoms with van der Waals surface area (Å²) >= 11 is 12.4. The predicted molar refractivity (Wildman–Crippen MR) is 118 cm³/mol. The Labute approximate surface area is 185 Å². The molecule has 2 aromatic rings. The Hall–Kier alpha value is -2.70. The van der Waals surface area contributed by atoms with Gasteiger partial charge in [-0.15, -0.1) is 0 Å². The molecule has 0 aromatic heterocycles. The number of carbonyl (C=O) groups is 2. The number of methoxy groups -OCH3 is 2. The van der Waals surface area contributed by atoms with Gasteiger partial charge < -0.3 is 14.8 Å². The molecule has 0 fully saturated rings.